The highest BCUT2D eigenvalue weighted by Gasteiger charge is 2.12. The topological polar surface area (TPSA) is 63.1 Å². The van der Waals surface area contributed by atoms with Crippen molar-refractivity contribution in [2.45, 2.75) is 33.4 Å². The standard InChI is InChI=1S/C24H27N3O2/c1-3-13-25-21-11-9-19(10-12-21)16-26-23(28)22-8-5-14-27(24(22)29)17-20-7-4-6-18(2)15-20/h4-12,14-15,25H,3,13,16-17H2,1-2H3,(H,26,28). The molecular weight excluding hydrogens is 362 g/mol. The molecule has 29 heavy (non-hydrogen) atoms. The molecular formula is C24H27N3O2. The van der Waals surface area contributed by atoms with Crippen LogP contribution in [0.15, 0.2) is 71.7 Å². The van der Waals surface area contributed by atoms with Gasteiger partial charge < -0.3 is 15.2 Å². The molecule has 0 saturated carbocycles. The van der Waals surface area contributed by atoms with Crippen molar-refractivity contribution < 1.29 is 4.79 Å². The highest BCUT2D eigenvalue weighted by Crippen LogP contribution is 2.10. The van der Waals surface area contributed by atoms with Crippen LogP contribution in [0.25, 0.3) is 0 Å². The number of pyridine rings is 1. The van der Waals surface area contributed by atoms with E-state index in [1.54, 1.807) is 22.9 Å². The van der Waals surface area contributed by atoms with Gasteiger partial charge in [0.05, 0.1) is 6.54 Å². The number of carbonyl (C=O) groups is 1. The highest BCUT2D eigenvalue weighted by molar-refractivity contribution is 5.93. The molecule has 150 valence electrons. The second-order valence-corrected chi connectivity index (χ2v) is 7.15. The van der Waals surface area contributed by atoms with Gasteiger partial charge in [-0.05, 0) is 48.7 Å². The molecule has 0 aliphatic carbocycles. The fourth-order valence-corrected chi connectivity index (χ4v) is 3.13. The van der Waals surface area contributed by atoms with Crippen LogP contribution in [0.4, 0.5) is 5.69 Å². The van der Waals surface area contributed by atoms with Gasteiger partial charge in [-0.1, -0.05) is 48.9 Å². The molecule has 0 radical (unpaired) electrons. The third-order valence-electron chi connectivity index (χ3n) is 4.69. The molecule has 0 aliphatic heterocycles. The van der Waals surface area contributed by atoms with Crippen molar-refractivity contribution in [3.05, 3.63) is 99.5 Å². The van der Waals surface area contributed by atoms with Crippen LogP contribution in [0.1, 0.15) is 40.4 Å². The lowest BCUT2D eigenvalue weighted by atomic mass is 10.1. The van der Waals surface area contributed by atoms with Crippen LogP contribution in [-0.4, -0.2) is 17.0 Å². The number of aromatic nitrogens is 1. The normalized spacial score (nSPS) is 10.6. The number of rotatable bonds is 8. The van der Waals surface area contributed by atoms with E-state index in [0.29, 0.717) is 13.1 Å². The van der Waals surface area contributed by atoms with E-state index in [2.05, 4.69) is 17.6 Å². The van der Waals surface area contributed by atoms with Gasteiger partial charge in [0, 0.05) is 25.0 Å². The molecule has 2 N–H and O–H groups in total. The summed E-state index contributed by atoms with van der Waals surface area (Å²) in [5, 5.41) is 6.16. The number of nitrogens with one attached hydrogen (secondary N) is 2. The van der Waals surface area contributed by atoms with Gasteiger partial charge in [0.25, 0.3) is 11.5 Å². The predicted molar refractivity (Wildman–Crippen MR) is 117 cm³/mol. The number of aryl methyl sites for hydroxylation is 1. The summed E-state index contributed by atoms with van der Waals surface area (Å²) >= 11 is 0. The summed E-state index contributed by atoms with van der Waals surface area (Å²) in [6, 6.07) is 19.2. The van der Waals surface area contributed by atoms with Crippen molar-refractivity contribution in [2.75, 3.05) is 11.9 Å². The Balaban J connectivity index is 1.65. The summed E-state index contributed by atoms with van der Waals surface area (Å²) in [5.41, 5.74) is 4.08. The van der Waals surface area contributed by atoms with Crippen molar-refractivity contribution in [1.29, 1.82) is 0 Å². The van der Waals surface area contributed by atoms with Gasteiger partial charge in [0.1, 0.15) is 5.56 Å². The maximum atomic E-state index is 12.7. The molecule has 0 bridgehead atoms. The summed E-state index contributed by atoms with van der Waals surface area (Å²) in [6.07, 6.45) is 2.78. The van der Waals surface area contributed by atoms with E-state index in [9.17, 15) is 9.59 Å². The minimum absolute atomic E-state index is 0.154. The van der Waals surface area contributed by atoms with Gasteiger partial charge in [0.2, 0.25) is 0 Å². The molecule has 0 unspecified atom stereocenters. The fraction of sp³-hybridized carbons (Fsp3) is 0.250. The lowest BCUT2D eigenvalue weighted by Crippen LogP contribution is -2.32. The predicted octanol–water partition coefficient (Wildman–Crippen LogP) is 3.96. The number of hydrogen-bond donors (Lipinski definition) is 2. The Morgan fingerprint density at radius 1 is 1.00 bits per heavy atom. The van der Waals surface area contributed by atoms with Crippen LogP contribution in [0.2, 0.25) is 0 Å². The second kappa shape index (κ2) is 9.73. The van der Waals surface area contributed by atoms with Crippen molar-refractivity contribution >= 4 is 11.6 Å². The van der Waals surface area contributed by atoms with E-state index >= 15 is 0 Å². The Morgan fingerprint density at radius 2 is 1.79 bits per heavy atom. The Bertz CT molecular complexity index is 1020. The Labute approximate surface area is 171 Å². The lowest BCUT2D eigenvalue weighted by Gasteiger charge is -2.10. The first-order valence-corrected chi connectivity index (χ1v) is 9.93. The fourth-order valence-electron chi connectivity index (χ4n) is 3.13. The van der Waals surface area contributed by atoms with Crippen molar-refractivity contribution in [2.24, 2.45) is 0 Å². The molecule has 0 spiro atoms. The SMILES string of the molecule is CCCNc1ccc(CNC(=O)c2cccn(Cc3cccc(C)c3)c2=O)cc1. The summed E-state index contributed by atoms with van der Waals surface area (Å²) in [6.45, 7) is 5.88. The zero-order valence-electron chi connectivity index (χ0n) is 16.9. The average Bonchev–Trinajstić information content (AvgIpc) is 2.73. The average molecular weight is 389 g/mol. The monoisotopic (exact) mass is 389 g/mol. The van der Waals surface area contributed by atoms with Gasteiger partial charge in [0.15, 0.2) is 0 Å². The molecule has 0 saturated heterocycles. The Kier molecular flexibility index (Phi) is 6.85. The first-order chi connectivity index (χ1) is 14.1. The number of hydrogen-bond acceptors (Lipinski definition) is 3. The van der Waals surface area contributed by atoms with Crippen LogP contribution in [0.5, 0.6) is 0 Å². The quantitative estimate of drug-likeness (QED) is 0.613. The largest absolute Gasteiger partial charge is 0.385 e. The maximum Gasteiger partial charge on any atom is 0.263 e. The second-order valence-electron chi connectivity index (χ2n) is 7.15. The number of benzene rings is 2. The first kappa shape index (κ1) is 20.4. The first-order valence-electron chi connectivity index (χ1n) is 9.93. The van der Waals surface area contributed by atoms with Gasteiger partial charge in [-0.25, -0.2) is 0 Å². The Hall–Kier alpha value is -3.34. The van der Waals surface area contributed by atoms with E-state index < -0.39 is 0 Å². The number of anilines is 1. The van der Waals surface area contributed by atoms with E-state index in [1.807, 2.05) is 55.5 Å². The minimum Gasteiger partial charge on any atom is -0.385 e. The number of amides is 1. The molecule has 0 atom stereocenters. The van der Waals surface area contributed by atoms with Crippen LogP contribution in [0.3, 0.4) is 0 Å². The summed E-state index contributed by atoms with van der Waals surface area (Å²) in [7, 11) is 0. The smallest absolute Gasteiger partial charge is 0.263 e. The maximum absolute atomic E-state index is 12.7. The van der Waals surface area contributed by atoms with E-state index in [-0.39, 0.29) is 17.0 Å². The molecule has 3 rings (SSSR count). The summed E-state index contributed by atoms with van der Waals surface area (Å²) < 4.78 is 1.57. The number of nitrogens with zero attached hydrogens (tertiary/aromatic N) is 1. The molecule has 5 nitrogen and oxygen atoms in total. The van der Waals surface area contributed by atoms with Gasteiger partial charge in [-0.3, -0.25) is 9.59 Å². The molecule has 1 amide bonds. The summed E-state index contributed by atoms with van der Waals surface area (Å²) in [4.78, 5) is 25.3. The molecule has 1 heterocycles. The molecule has 3 aromatic rings. The van der Waals surface area contributed by atoms with Gasteiger partial charge in [-0.2, -0.15) is 0 Å². The van der Waals surface area contributed by atoms with E-state index in [0.717, 1.165) is 35.3 Å². The van der Waals surface area contributed by atoms with Crippen molar-refractivity contribution in [3.8, 4) is 0 Å². The van der Waals surface area contributed by atoms with Crippen LogP contribution in [0, 0.1) is 6.92 Å². The van der Waals surface area contributed by atoms with Crippen LogP contribution >= 0.6 is 0 Å². The van der Waals surface area contributed by atoms with Crippen LogP contribution in [-0.2, 0) is 13.1 Å². The van der Waals surface area contributed by atoms with Gasteiger partial charge >= 0.3 is 0 Å². The highest BCUT2D eigenvalue weighted by atomic mass is 16.2. The van der Waals surface area contributed by atoms with E-state index in [4.69, 9.17) is 0 Å². The molecule has 5 heteroatoms. The third kappa shape index (κ3) is 5.57. The zero-order valence-corrected chi connectivity index (χ0v) is 16.9. The van der Waals surface area contributed by atoms with Crippen molar-refractivity contribution in [1.82, 2.24) is 9.88 Å². The molecule has 0 fully saturated rings. The van der Waals surface area contributed by atoms with E-state index in [1.165, 1.54) is 0 Å². The zero-order chi connectivity index (χ0) is 20.6. The van der Waals surface area contributed by atoms with Crippen LogP contribution < -0.4 is 16.2 Å². The van der Waals surface area contributed by atoms with Gasteiger partial charge in [-0.15, -0.1) is 0 Å². The van der Waals surface area contributed by atoms with Crippen molar-refractivity contribution in [3.63, 3.8) is 0 Å². The minimum atomic E-state index is -0.359. The Morgan fingerprint density at radius 3 is 2.52 bits per heavy atom. The molecule has 1 aromatic heterocycles. The molecule has 0 aliphatic rings. The molecule has 2 aromatic carbocycles. The number of carbonyl (C=O) groups excluding carboxylic acids is 1. The third-order valence-corrected chi connectivity index (χ3v) is 4.69. The summed E-state index contributed by atoms with van der Waals surface area (Å²) in [5.74, 6) is -0.359. The lowest BCUT2D eigenvalue weighted by molar-refractivity contribution is 0.0949.